The Balaban J connectivity index is 1.55. The van der Waals surface area contributed by atoms with Crippen LogP contribution in [-0.4, -0.2) is 20.6 Å². The van der Waals surface area contributed by atoms with Gasteiger partial charge in [0.05, 0.1) is 21.9 Å². The molecule has 31 heavy (non-hydrogen) atoms. The number of amides is 2. The number of fused-ring (bicyclic) bond motifs is 1. The molecule has 2 amide bonds. The van der Waals surface area contributed by atoms with Gasteiger partial charge in [-0.25, -0.2) is 18.7 Å². The van der Waals surface area contributed by atoms with Crippen LogP contribution in [0.25, 0.3) is 16.9 Å². The van der Waals surface area contributed by atoms with Crippen molar-refractivity contribution in [1.29, 1.82) is 0 Å². The first-order valence-corrected chi connectivity index (χ1v) is 9.55. The van der Waals surface area contributed by atoms with Crippen molar-refractivity contribution < 1.29 is 22.4 Å². The van der Waals surface area contributed by atoms with Gasteiger partial charge >= 0.3 is 12.2 Å². The van der Waals surface area contributed by atoms with E-state index in [9.17, 15) is 22.4 Å². The second-order valence-electron chi connectivity index (χ2n) is 6.41. The molecule has 0 aliphatic carbocycles. The first kappa shape index (κ1) is 20.8. The number of carbonyl (C=O) groups is 1. The molecule has 0 aliphatic rings. The Bertz CT molecular complexity index is 1290. The Hall–Kier alpha value is -3.47. The first-order chi connectivity index (χ1) is 14.7. The number of hydrogen-bond donors (Lipinski definition) is 2. The van der Waals surface area contributed by atoms with E-state index in [1.54, 1.807) is 41.2 Å². The number of rotatable bonds is 3. The molecule has 0 spiro atoms. The SMILES string of the molecule is O=C(Nc1cccc(-c2ccnc3c(Br)cnn23)c1)Nc1ccc(F)c(C(F)(F)F)c1. The molecule has 0 aliphatic heterocycles. The maximum Gasteiger partial charge on any atom is 0.419 e. The van der Waals surface area contributed by atoms with Crippen molar-refractivity contribution in [1.82, 2.24) is 14.6 Å². The van der Waals surface area contributed by atoms with E-state index in [1.807, 2.05) is 6.07 Å². The van der Waals surface area contributed by atoms with Gasteiger partial charge in [0, 0.05) is 23.1 Å². The zero-order valence-corrected chi connectivity index (χ0v) is 17.0. The average molecular weight is 494 g/mol. The Labute approximate surface area is 181 Å². The van der Waals surface area contributed by atoms with Crippen LogP contribution in [0.2, 0.25) is 0 Å². The number of anilines is 2. The number of carbonyl (C=O) groups excluding carboxylic acids is 1. The van der Waals surface area contributed by atoms with E-state index in [1.165, 1.54) is 0 Å². The van der Waals surface area contributed by atoms with E-state index in [0.717, 1.165) is 16.1 Å². The monoisotopic (exact) mass is 493 g/mol. The first-order valence-electron chi connectivity index (χ1n) is 8.76. The number of alkyl halides is 3. The van der Waals surface area contributed by atoms with Gasteiger partial charge in [0.25, 0.3) is 0 Å². The molecule has 2 aromatic heterocycles. The zero-order chi connectivity index (χ0) is 22.2. The molecule has 2 aromatic carbocycles. The standard InChI is InChI=1S/C20H12BrF4N5O/c21-15-10-27-30-17(6-7-26-18(15)30)11-2-1-3-12(8-11)28-19(31)29-13-4-5-16(22)14(9-13)20(23,24)25/h1-10H,(H2,28,29,31). The normalized spacial score (nSPS) is 11.5. The van der Waals surface area contributed by atoms with Crippen LogP contribution in [0.1, 0.15) is 5.56 Å². The molecule has 2 heterocycles. The summed E-state index contributed by atoms with van der Waals surface area (Å²) in [5.74, 6) is -1.42. The van der Waals surface area contributed by atoms with Gasteiger partial charge in [-0.05, 0) is 52.3 Å². The van der Waals surface area contributed by atoms with Crippen molar-refractivity contribution in [3.63, 3.8) is 0 Å². The number of nitrogens with one attached hydrogen (secondary N) is 2. The predicted molar refractivity (Wildman–Crippen MR) is 110 cm³/mol. The van der Waals surface area contributed by atoms with E-state index >= 15 is 0 Å². The maximum atomic E-state index is 13.4. The van der Waals surface area contributed by atoms with Crippen molar-refractivity contribution in [3.05, 3.63) is 76.8 Å². The van der Waals surface area contributed by atoms with Gasteiger partial charge in [0.1, 0.15) is 5.82 Å². The van der Waals surface area contributed by atoms with Crippen LogP contribution < -0.4 is 10.6 Å². The van der Waals surface area contributed by atoms with Crippen LogP contribution in [0, 0.1) is 5.82 Å². The Morgan fingerprint density at radius 2 is 1.77 bits per heavy atom. The van der Waals surface area contributed by atoms with Gasteiger partial charge in [-0.2, -0.15) is 18.3 Å². The molecule has 11 heteroatoms. The minimum atomic E-state index is -4.87. The predicted octanol–water partition coefficient (Wildman–Crippen LogP) is 5.96. The summed E-state index contributed by atoms with van der Waals surface area (Å²) in [6.45, 7) is 0. The van der Waals surface area contributed by atoms with Crippen LogP contribution in [0.15, 0.2) is 65.4 Å². The van der Waals surface area contributed by atoms with Crippen molar-refractivity contribution in [2.45, 2.75) is 6.18 Å². The minimum Gasteiger partial charge on any atom is -0.308 e. The maximum absolute atomic E-state index is 13.4. The molecule has 6 nitrogen and oxygen atoms in total. The summed E-state index contributed by atoms with van der Waals surface area (Å²) >= 11 is 3.37. The van der Waals surface area contributed by atoms with Crippen molar-refractivity contribution in [3.8, 4) is 11.3 Å². The lowest BCUT2D eigenvalue weighted by Crippen LogP contribution is -2.20. The Morgan fingerprint density at radius 1 is 1.03 bits per heavy atom. The van der Waals surface area contributed by atoms with Crippen LogP contribution in [0.5, 0.6) is 0 Å². The van der Waals surface area contributed by atoms with Crippen molar-refractivity contribution >= 4 is 39.0 Å². The average Bonchev–Trinajstić information content (AvgIpc) is 3.10. The molecule has 158 valence electrons. The van der Waals surface area contributed by atoms with Gasteiger partial charge < -0.3 is 10.6 Å². The molecule has 0 bridgehead atoms. The van der Waals surface area contributed by atoms with E-state index < -0.39 is 23.6 Å². The quantitative estimate of drug-likeness (QED) is 0.346. The summed E-state index contributed by atoms with van der Waals surface area (Å²) in [6, 6.07) is 10.0. The molecular weight excluding hydrogens is 482 g/mol. The topological polar surface area (TPSA) is 71.3 Å². The molecule has 0 saturated carbocycles. The fraction of sp³-hybridized carbons (Fsp3) is 0.0500. The van der Waals surface area contributed by atoms with Gasteiger partial charge in [-0.3, -0.25) is 0 Å². The van der Waals surface area contributed by atoms with Crippen LogP contribution in [0.3, 0.4) is 0 Å². The molecule has 0 unspecified atom stereocenters. The third-order valence-corrected chi connectivity index (χ3v) is 4.86. The molecule has 4 rings (SSSR count). The van der Waals surface area contributed by atoms with Crippen molar-refractivity contribution in [2.75, 3.05) is 10.6 Å². The number of halogens is 5. The van der Waals surface area contributed by atoms with E-state index in [4.69, 9.17) is 0 Å². The minimum absolute atomic E-state index is 0.195. The van der Waals surface area contributed by atoms with Gasteiger partial charge in [-0.15, -0.1) is 0 Å². The summed E-state index contributed by atoms with van der Waals surface area (Å²) in [5, 5.41) is 9.08. The highest BCUT2D eigenvalue weighted by Gasteiger charge is 2.34. The van der Waals surface area contributed by atoms with Gasteiger partial charge in [-0.1, -0.05) is 12.1 Å². The van der Waals surface area contributed by atoms with E-state index in [0.29, 0.717) is 29.2 Å². The van der Waals surface area contributed by atoms with Crippen LogP contribution >= 0.6 is 15.9 Å². The highest BCUT2D eigenvalue weighted by Crippen LogP contribution is 2.33. The number of aromatic nitrogens is 3. The summed E-state index contributed by atoms with van der Waals surface area (Å²) in [7, 11) is 0. The lowest BCUT2D eigenvalue weighted by Gasteiger charge is -2.12. The van der Waals surface area contributed by atoms with Crippen LogP contribution in [-0.2, 0) is 6.18 Å². The largest absolute Gasteiger partial charge is 0.419 e. The Kier molecular flexibility index (Phi) is 5.36. The molecule has 0 saturated heterocycles. The second kappa shape index (κ2) is 7.99. The number of hydrogen-bond acceptors (Lipinski definition) is 3. The lowest BCUT2D eigenvalue weighted by molar-refractivity contribution is -0.139. The fourth-order valence-electron chi connectivity index (χ4n) is 2.95. The van der Waals surface area contributed by atoms with E-state index in [2.05, 4.69) is 36.6 Å². The van der Waals surface area contributed by atoms with Crippen LogP contribution in [0.4, 0.5) is 33.7 Å². The summed E-state index contributed by atoms with van der Waals surface area (Å²) < 4.78 is 54.3. The summed E-state index contributed by atoms with van der Waals surface area (Å²) in [6.07, 6.45) is -1.64. The summed E-state index contributed by atoms with van der Waals surface area (Å²) in [4.78, 5) is 16.5. The lowest BCUT2D eigenvalue weighted by atomic mass is 10.1. The highest BCUT2D eigenvalue weighted by molar-refractivity contribution is 9.10. The fourth-order valence-corrected chi connectivity index (χ4v) is 3.31. The molecule has 4 aromatic rings. The highest BCUT2D eigenvalue weighted by atomic mass is 79.9. The molecular formula is C20H12BrF4N5O. The van der Waals surface area contributed by atoms with Gasteiger partial charge in [0.15, 0.2) is 5.65 Å². The Morgan fingerprint density at radius 3 is 2.52 bits per heavy atom. The number of nitrogens with zero attached hydrogens (tertiary/aromatic N) is 3. The van der Waals surface area contributed by atoms with Gasteiger partial charge in [0.2, 0.25) is 0 Å². The van der Waals surface area contributed by atoms with E-state index in [-0.39, 0.29) is 5.69 Å². The third-order valence-electron chi connectivity index (χ3n) is 4.30. The number of benzene rings is 2. The molecule has 0 fully saturated rings. The second-order valence-corrected chi connectivity index (χ2v) is 7.26. The molecule has 2 N–H and O–H groups in total. The zero-order valence-electron chi connectivity index (χ0n) is 15.4. The molecule has 0 radical (unpaired) electrons. The third kappa shape index (κ3) is 4.36. The summed E-state index contributed by atoms with van der Waals surface area (Å²) in [5.41, 5.74) is 0.795. The number of urea groups is 1. The van der Waals surface area contributed by atoms with Crippen molar-refractivity contribution in [2.24, 2.45) is 0 Å². The molecule has 0 atom stereocenters. The smallest absolute Gasteiger partial charge is 0.308 e.